The molecule has 1 atom stereocenters. The van der Waals surface area contributed by atoms with Gasteiger partial charge in [0.25, 0.3) is 0 Å². The van der Waals surface area contributed by atoms with E-state index < -0.39 is 18.1 Å². The number of carboxylic acids is 1. The smallest absolute Gasteiger partial charge is 0.410 e. The highest BCUT2D eigenvalue weighted by Crippen LogP contribution is 2.31. The van der Waals surface area contributed by atoms with E-state index in [-0.39, 0.29) is 13.2 Å². The molecular formula is C17H22N2O4. The molecule has 1 aliphatic carbocycles. The van der Waals surface area contributed by atoms with Crippen LogP contribution in [0.5, 0.6) is 0 Å². The molecule has 3 rings (SSSR count). The molecule has 1 aliphatic heterocycles. The number of hydrogen-bond acceptors (Lipinski definition) is 4. The molecule has 1 unspecified atom stereocenters. The third-order valence-corrected chi connectivity index (χ3v) is 4.43. The molecule has 0 bridgehead atoms. The van der Waals surface area contributed by atoms with Crippen LogP contribution >= 0.6 is 0 Å². The third-order valence-electron chi connectivity index (χ3n) is 4.43. The lowest BCUT2D eigenvalue weighted by Gasteiger charge is -2.38. The van der Waals surface area contributed by atoms with Crippen molar-refractivity contribution in [2.45, 2.75) is 25.5 Å². The summed E-state index contributed by atoms with van der Waals surface area (Å²) >= 11 is 0. The predicted molar refractivity (Wildman–Crippen MR) is 83.9 cm³/mol. The molecule has 0 spiro atoms. The van der Waals surface area contributed by atoms with Gasteiger partial charge in [-0.05, 0) is 24.3 Å². The third kappa shape index (κ3) is 4.22. The molecule has 23 heavy (non-hydrogen) atoms. The molecule has 6 nitrogen and oxygen atoms in total. The Morgan fingerprint density at radius 2 is 1.91 bits per heavy atom. The maximum Gasteiger partial charge on any atom is 0.410 e. The highest BCUT2D eigenvalue weighted by atomic mass is 16.6. The lowest BCUT2D eigenvalue weighted by atomic mass is 10.1. The van der Waals surface area contributed by atoms with Crippen LogP contribution in [0, 0.1) is 5.92 Å². The molecule has 1 saturated heterocycles. The van der Waals surface area contributed by atoms with E-state index in [4.69, 9.17) is 4.74 Å². The summed E-state index contributed by atoms with van der Waals surface area (Å²) in [4.78, 5) is 27.2. The first-order valence-electron chi connectivity index (χ1n) is 8.06. The van der Waals surface area contributed by atoms with E-state index in [9.17, 15) is 14.7 Å². The summed E-state index contributed by atoms with van der Waals surface area (Å²) < 4.78 is 5.30. The van der Waals surface area contributed by atoms with Gasteiger partial charge in [-0.25, -0.2) is 4.79 Å². The summed E-state index contributed by atoms with van der Waals surface area (Å²) in [7, 11) is 0. The first-order valence-corrected chi connectivity index (χ1v) is 8.06. The minimum atomic E-state index is -0.869. The number of amides is 1. The van der Waals surface area contributed by atoms with Crippen molar-refractivity contribution in [3.63, 3.8) is 0 Å². The van der Waals surface area contributed by atoms with E-state index in [0.717, 1.165) is 12.1 Å². The largest absolute Gasteiger partial charge is 0.480 e. The van der Waals surface area contributed by atoms with E-state index >= 15 is 0 Å². The second-order valence-electron chi connectivity index (χ2n) is 6.28. The van der Waals surface area contributed by atoms with Crippen molar-refractivity contribution in [1.29, 1.82) is 0 Å². The molecular weight excluding hydrogens is 296 g/mol. The Labute approximate surface area is 135 Å². The van der Waals surface area contributed by atoms with Gasteiger partial charge in [-0.3, -0.25) is 9.69 Å². The van der Waals surface area contributed by atoms with Gasteiger partial charge >= 0.3 is 12.1 Å². The zero-order valence-corrected chi connectivity index (χ0v) is 13.1. The number of carboxylic acid groups (broad SMARTS) is 1. The second-order valence-corrected chi connectivity index (χ2v) is 6.28. The van der Waals surface area contributed by atoms with Gasteiger partial charge in [0.2, 0.25) is 0 Å². The molecule has 1 aromatic rings. The van der Waals surface area contributed by atoms with E-state index in [1.807, 2.05) is 35.2 Å². The van der Waals surface area contributed by atoms with Crippen LogP contribution in [0.15, 0.2) is 30.3 Å². The van der Waals surface area contributed by atoms with Gasteiger partial charge in [0.05, 0.1) is 6.54 Å². The number of carbonyl (C=O) groups excluding carboxylic acids is 1. The summed E-state index contributed by atoms with van der Waals surface area (Å²) in [6, 6.07) is 8.83. The number of aliphatic carboxylic acids is 1. The molecule has 1 aromatic carbocycles. The molecule has 1 saturated carbocycles. The van der Waals surface area contributed by atoms with E-state index in [0.29, 0.717) is 19.0 Å². The summed E-state index contributed by atoms with van der Waals surface area (Å²) in [6.45, 7) is 2.33. The van der Waals surface area contributed by atoms with Crippen molar-refractivity contribution in [3.8, 4) is 0 Å². The van der Waals surface area contributed by atoms with Gasteiger partial charge in [-0.1, -0.05) is 30.3 Å². The minimum absolute atomic E-state index is 0.190. The van der Waals surface area contributed by atoms with Crippen LogP contribution in [0.25, 0.3) is 0 Å². The van der Waals surface area contributed by atoms with Crippen molar-refractivity contribution in [1.82, 2.24) is 9.80 Å². The number of nitrogens with zero attached hydrogens (tertiary/aromatic N) is 2. The molecule has 124 valence electrons. The average Bonchev–Trinajstić information content (AvgIpc) is 3.37. The standard InChI is InChI=1S/C17H22N2O4/c20-16(21)15-11-19(9-8-18(15)10-13-6-7-13)17(22)23-12-14-4-2-1-3-5-14/h1-5,13,15H,6-12H2,(H,20,21). The molecule has 1 amide bonds. The van der Waals surface area contributed by atoms with Gasteiger partial charge in [0.15, 0.2) is 0 Å². The van der Waals surface area contributed by atoms with E-state index in [1.54, 1.807) is 0 Å². The van der Waals surface area contributed by atoms with Crippen LogP contribution in [-0.4, -0.2) is 59.2 Å². The lowest BCUT2D eigenvalue weighted by Crippen LogP contribution is -2.58. The summed E-state index contributed by atoms with van der Waals surface area (Å²) in [5.41, 5.74) is 0.919. The Balaban J connectivity index is 1.53. The van der Waals surface area contributed by atoms with Gasteiger partial charge in [0.1, 0.15) is 12.6 Å². The van der Waals surface area contributed by atoms with Crippen LogP contribution in [0.1, 0.15) is 18.4 Å². The topological polar surface area (TPSA) is 70.1 Å². The number of carbonyl (C=O) groups is 2. The van der Waals surface area contributed by atoms with Crippen molar-refractivity contribution in [2.75, 3.05) is 26.2 Å². The first-order chi connectivity index (χ1) is 11.1. The van der Waals surface area contributed by atoms with Crippen LogP contribution in [0.4, 0.5) is 4.79 Å². The normalized spacial score (nSPS) is 21.9. The quantitative estimate of drug-likeness (QED) is 0.896. The van der Waals surface area contributed by atoms with Crippen molar-refractivity contribution in [2.24, 2.45) is 5.92 Å². The van der Waals surface area contributed by atoms with Gasteiger partial charge in [-0.2, -0.15) is 0 Å². The molecule has 2 fully saturated rings. The fourth-order valence-corrected chi connectivity index (χ4v) is 2.88. The fraction of sp³-hybridized carbons (Fsp3) is 0.529. The van der Waals surface area contributed by atoms with E-state index in [2.05, 4.69) is 0 Å². The van der Waals surface area contributed by atoms with Crippen molar-refractivity contribution >= 4 is 12.1 Å². The van der Waals surface area contributed by atoms with Gasteiger partial charge in [0, 0.05) is 19.6 Å². The zero-order valence-electron chi connectivity index (χ0n) is 13.1. The molecule has 2 aliphatic rings. The second kappa shape index (κ2) is 7.00. The van der Waals surface area contributed by atoms with Crippen LogP contribution in [0.3, 0.4) is 0 Å². The van der Waals surface area contributed by atoms with Gasteiger partial charge < -0.3 is 14.7 Å². The molecule has 0 aromatic heterocycles. The number of benzene rings is 1. The summed E-state index contributed by atoms with van der Waals surface area (Å²) in [5.74, 6) is -0.236. The Kier molecular flexibility index (Phi) is 4.81. The maximum absolute atomic E-state index is 12.2. The minimum Gasteiger partial charge on any atom is -0.480 e. The fourth-order valence-electron chi connectivity index (χ4n) is 2.88. The highest BCUT2D eigenvalue weighted by molar-refractivity contribution is 5.76. The molecule has 0 radical (unpaired) electrons. The van der Waals surface area contributed by atoms with Crippen LogP contribution < -0.4 is 0 Å². The Morgan fingerprint density at radius 3 is 2.57 bits per heavy atom. The Morgan fingerprint density at radius 1 is 1.17 bits per heavy atom. The highest BCUT2D eigenvalue weighted by Gasteiger charge is 2.37. The average molecular weight is 318 g/mol. The van der Waals surface area contributed by atoms with Crippen LogP contribution in [0.2, 0.25) is 0 Å². The van der Waals surface area contributed by atoms with Gasteiger partial charge in [-0.15, -0.1) is 0 Å². The van der Waals surface area contributed by atoms with Crippen LogP contribution in [-0.2, 0) is 16.1 Å². The summed E-state index contributed by atoms with van der Waals surface area (Å²) in [6.07, 6.45) is 1.93. The monoisotopic (exact) mass is 318 g/mol. The zero-order chi connectivity index (χ0) is 16.2. The number of ether oxygens (including phenoxy) is 1. The first kappa shape index (κ1) is 15.8. The molecule has 6 heteroatoms. The number of piperazine rings is 1. The van der Waals surface area contributed by atoms with Crippen molar-refractivity contribution in [3.05, 3.63) is 35.9 Å². The van der Waals surface area contributed by atoms with Crippen molar-refractivity contribution < 1.29 is 19.4 Å². The molecule has 1 heterocycles. The summed E-state index contributed by atoms with van der Waals surface area (Å²) in [5, 5.41) is 9.43. The Bertz CT molecular complexity index is 559. The predicted octanol–water partition coefficient (Wildman–Crippen LogP) is 1.80. The maximum atomic E-state index is 12.2. The lowest BCUT2D eigenvalue weighted by molar-refractivity contribution is -0.145. The number of rotatable bonds is 5. The number of hydrogen-bond donors (Lipinski definition) is 1. The molecule has 1 N–H and O–H groups in total. The van der Waals surface area contributed by atoms with E-state index in [1.165, 1.54) is 17.7 Å². The SMILES string of the molecule is O=C(O)C1CN(C(=O)OCc2ccccc2)CCN1CC1CC1. The Hall–Kier alpha value is -2.08.